The van der Waals surface area contributed by atoms with Crippen molar-refractivity contribution in [3.63, 3.8) is 0 Å². The van der Waals surface area contributed by atoms with E-state index in [9.17, 15) is 0 Å². The van der Waals surface area contributed by atoms with E-state index in [-0.39, 0.29) is 28.5 Å². The Balaban J connectivity index is 1.25. The van der Waals surface area contributed by atoms with Gasteiger partial charge in [0, 0.05) is 50.9 Å². The first-order valence-corrected chi connectivity index (χ1v) is 22.5. The number of anilines is 8. The van der Waals surface area contributed by atoms with Crippen LogP contribution in [0.25, 0.3) is 0 Å². The molecule has 0 amide bonds. The van der Waals surface area contributed by atoms with Crippen LogP contribution in [-0.2, 0) is 16.2 Å². The lowest BCUT2D eigenvalue weighted by Gasteiger charge is -2.53. The molecule has 1 aliphatic carbocycles. The first-order chi connectivity index (χ1) is 29.4. The fourth-order valence-corrected chi connectivity index (χ4v) is 11.9. The predicted octanol–water partition coefficient (Wildman–Crippen LogP) is 13.1. The van der Waals surface area contributed by atoms with Gasteiger partial charge >= 0.3 is 0 Å². The number of hydrogen-bond acceptors (Lipinski definition) is 3. The smallest absolute Gasteiger partial charge is 0.252 e. The van der Waals surface area contributed by atoms with Crippen LogP contribution in [0.15, 0.2) is 164 Å². The van der Waals surface area contributed by atoms with Crippen molar-refractivity contribution >= 4 is 68.6 Å². The Hall–Kier alpha value is -6.00. The van der Waals surface area contributed by atoms with Gasteiger partial charge in [0.2, 0.25) is 0 Å². The zero-order valence-corrected chi connectivity index (χ0v) is 36.8. The van der Waals surface area contributed by atoms with E-state index in [0.717, 1.165) is 12.8 Å². The van der Waals surface area contributed by atoms with E-state index in [1.807, 2.05) is 0 Å². The molecule has 7 aromatic carbocycles. The third-order valence-electron chi connectivity index (χ3n) is 14.8. The molecule has 2 unspecified atom stereocenters. The van der Waals surface area contributed by atoms with Crippen LogP contribution in [0, 0.1) is 0 Å². The summed E-state index contributed by atoms with van der Waals surface area (Å²) in [4.78, 5) is 7.94. The zero-order chi connectivity index (χ0) is 41.9. The van der Waals surface area contributed by atoms with Crippen molar-refractivity contribution in [1.29, 1.82) is 0 Å². The van der Waals surface area contributed by atoms with Crippen LogP contribution in [-0.4, -0.2) is 12.3 Å². The van der Waals surface area contributed by atoms with Gasteiger partial charge in [0.15, 0.2) is 0 Å². The second-order valence-electron chi connectivity index (χ2n) is 20.3. The standard InChI is InChI=1S/C57H56BN3/c1-54(2,3)39-28-31-43(32-29-39)60-50-33-30-41(55(4,5)6)36-47(50)58-46-25-15-17-27-49(46)59(42-22-12-9-13-23-42)51-37-44(38-52(60)53(51)58)61-48-26-16-14-24-45(48)57(40-20-10-8-11-21-40)35-19-18-34-56(57,61)7/h8-17,20-33,36-38H,18-19,34-35H2,1-7H3. The van der Waals surface area contributed by atoms with Crippen LogP contribution in [0.3, 0.4) is 0 Å². The number of para-hydroxylation sites is 3. The molecule has 1 saturated carbocycles. The molecule has 0 saturated heterocycles. The lowest BCUT2D eigenvalue weighted by atomic mass is 9.33. The summed E-state index contributed by atoms with van der Waals surface area (Å²) in [5, 5.41) is 0. The molecule has 0 radical (unpaired) electrons. The minimum absolute atomic E-state index is 0.00469. The van der Waals surface area contributed by atoms with Crippen molar-refractivity contribution in [3.8, 4) is 0 Å². The molecule has 302 valence electrons. The van der Waals surface area contributed by atoms with Crippen LogP contribution in [0.1, 0.15) is 96.4 Å². The highest BCUT2D eigenvalue weighted by molar-refractivity contribution is 7.00. The molecule has 4 aliphatic rings. The first-order valence-electron chi connectivity index (χ1n) is 22.5. The highest BCUT2D eigenvalue weighted by Crippen LogP contribution is 2.64. The number of nitrogens with zero attached hydrogens (tertiary/aromatic N) is 3. The summed E-state index contributed by atoms with van der Waals surface area (Å²) >= 11 is 0. The van der Waals surface area contributed by atoms with Crippen LogP contribution < -0.4 is 31.1 Å². The van der Waals surface area contributed by atoms with Crippen molar-refractivity contribution in [2.45, 2.75) is 95.9 Å². The molecule has 4 heteroatoms. The summed E-state index contributed by atoms with van der Waals surface area (Å²) in [6.07, 6.45) is 4.65. The van der Waals surface area contributed by atoms with Gasteiger partial charge in [-0.15, -0.1) is 0 Å². The topological polar surface area (TPSA) is 9.72 Å². The molecule has 0 spiro atoms. The third kappa shape index (κ3) is 5.50. The Labute approximate surface area is 363 Å². The van der Waals surface area contributed by atoms with Crippen LogP contribution in [0.4, 0.5) is 45.5 Å². The molecule has 1 fully saturated rings. The number of rotatable bonds is 4. The highest BCUT2D eigenvalue weighted by Gasteiger charge is 2.61. The van der Waals surface area contributed by atoms with E-state index in [1.165, 1.54) is 97.0 Å². The summed E-state index contributed by atoms with van der Waals surface area (Å²) in [7, 11) is 0. The molecule has 0 N–H and O–H groups in total. The largest absolute Gasteiger partial charge is 0.334 e. The van der Waals surface area contributed by atoms with Gasteiger partial charge < -0.3 is 14.7 Å². The molecule has 2 atom stereocenters. The highest BCUT2D eigenvalue weighted by atomic mass is 15.3. The quantitative estimate of drug-likeness (QED) is 0.164. The Morgan fingerprint density at radius 2 is 1.00 bits per heavy atom. The summed E-state index contributed by atoms with van der Waals surface area (Å²) in [6, 6.07) is 62.9. The van der Waals surface area contributed by atoms with Gasteiger partial charge in [-0.25, -0.2) is 0 Å². The van der Waals surface area contributed by atoms with Gasteiger partial charge in [-0.1, -0.05) is 164 Å². The Bertz CT molecular complexity index is 2820. The number of hydrogen-bond donors (Lipinski definition) is 0. The van der Waals surface area contributed by atoms with Crippen molar-refractivity contribution in [2.24, 2.45) is 0 Å². The van der Waals surface area contributed by atoms with Crippen molar-refractivity contribution in [3.05, 3.63) is 186 Å². The maximum absolute atomic E-state index is 2.78. The first kappa shape index (κ1) is 38.0. The van der Waals surface area contributed by atoms with E-state index < -0.39 is 0 Å². The lowest BCUT2D eigenvalue weighted by molar-refractivity contribution is 0.215. The second kappa shape index (κ2) is 13.5. The van der Waals surface area contributed by atoms with Crippen molar-refractivity contribution in [2.75, 3.05) is 14.7 Å². The minimum Gasteiger partial charge on any atom is -0.334 e. The SMILES string of the molecule is CC(C)(C)c1ccc(N2c3ccc(C(C)(C)C)cc3B3c4ccccc4N(c4ccccc4)c4cc(N5c6ccccc6C6(c7ccccc7)CCCCC56C)cc2c43)cc1. The van der Waals surface area contributed by atoms with Crippen molar-refractivity contribution in [1.82, 2.24) is 0 Å². The van der Waals surface area contributed by atoms with Crippen LogP contribution >= 0.6 is 0 Å². The lowest BCUT2D eigenvalue weighted by Crippen LogP contribution is -2.61. The monoisotopic (exact) mass is 793 g/mol. The predicted molar refractivity (Wildman–Crippen MR) is 261 cm³/mol. The van der Waals surface area contributed by atoms with Gasteiger partial charge in [0.25, 0.3) is 6.71 Å². The summed E-state index contributed by atoms with van der Waals surface area (Å²) in [5.74, 6) is 0. The summed E-state index contributed by atoms with van der Waals surface area (Å²) in [6.45, 7) is 16.6. The van der Waals surface area contributed by atoms with E-state index in [4.69, 9.17) is 0 Å². The average molecular weight is 794 g/mol. The fraction of sp³-hybridized carbons (Fsp3) is 0.263. The molecule has 11 rings (SSSR count). The molecule has 0 bridgehead atoms. The maximum atomic E-state index is 2.78. The minimum atomic E-state index is -0.200. The van der Waals surface area contributed by atoms with Gasteiger partial charge in [-0.05, 0) is 124 Å². The van der Waals surface area contributed by atoms with Crippen LogP contribution in [0.5, 0.6) is 0 Å². The molecular weight excluding hydrogens is 737 g/mol. The Kier molecular flexibility index (Phi) is 8.40. The van der Waals surface area contributed by atoms with Gasteiger partial charge in [0.05, 0.1) is 5.54 Å². The van der Waals surface area contributed by atoms with E-state index >= 15 is 0 Å². The molecule has 3 nitrogen and oxygen atoms in total. The maximum Gasteiger partial charge on any atom is 0.252 e. The Morgan fingerprint density at radius 1 is 0.459 bits per heavy atom. The summed E-state index contributed by atoms with van der Waals surface area (Å²) < 4.78 is 0. The number of benzene rings is 7. The second-order valence-corrected chi connectivity index (χ2v) is 20.3. The normalized spacial score (nSPS) is 20.1. The molecule has 3 heterocycles. The Morgan fingerprint density at radius 3 is 1.67 bits per heavy atom. The molecule has 61 heavy (non-hydrogen) atoms. The van der Waals surface area contributed by atoms with E-state index in [2.05, 4.69) is 227 Å². The van der Waals surface area contributed by atoms with E-state index in [1.54, 1.807) is 0 Å². The van der Waals surface area contributed by atoms with Gasteiger partial charge in [-0.2, -0.15) is 0 Å². The fourth-order valence-electron chi connectivity index (χ4n) is 11.9. The van der Waals surface area contributed by atoms with E-state index in [0.29, 0.717) is 0 Å². The molecular formula is C57H56BN3. The van der Waals surface area contributed by atoms with Crippen molar-refractivity contribution < 1.29 is 0 Å². The molecule has 0 aromatic heterocycles. The molecule has 7 aromatic rings. The van der Waals surface area contributed by atoms with Gasteiger partial charge in [-0.3, -0.25) is 0 Å². The zero-order valence-electron chi connectivity index (χ0n) is 36.8. The molecule has 3 aliphatic heterocycles. The number of fused-ring (bicyclic) bond motifs is 7. The van der Waals surface area contributed by atoms with Gasteiger partial charge in [0.1, 0.15) is 0 Å². The average Bonchev–Trinajstić information content (AvgIpc) is 3.51. The third-order valence-corrected chi connectivity index (χ3v) is 14.8. The summed E-state index contributed by atoms with van der Waals surface area (Å²) in [5.41, 5.74) is 19.3. The van der Waals surface area contributed by atoms with Crippen LogP contribution in [0.2, 0.25) is 0 Å².